The van der Waals surface area contributed by atoms with E-state index < -0.39 is 11.7 Å². The van der Waals surface area contributed by atoms with Crippen LogP contribution in [0.1, 0.15) is 27.7 Å². The number of anilines is 3. The molecule has 1 aliphatic heterocycles. The number of rotatable bonds is 5. The Kier molecular flexibility index (Phi) is 7.38. The number of piperazine rings is 1. The van der Waals surface area contributed by atoms with Crippen LogP contribution >= 0.6 is 11.3 Å². The maximum atomic E-state index is 13.3. The van der Waals surface area contributed by atoms with Crippen LogP contribution < -0.4 is 14.5 Å². The number of pyridine rings is 1. The van der Waals surface area contributed by atoms with Crippen molar-refractivity contribution in [3.63, 3.8) is 0 Å². The molecule has 39 heavy (non-hydrogen) atoms. The molecule has 0 saturated carbocycles. The lowest BCUT2D eigenvalue weighted by atomic mass is 10.2. The molecule has 0 aliphatic carbocycles. The van der Waals surface area contributed by atoms with Crippen molar-refractivity contribution in [1.29, 1.82) is 0 Å². The summed E-state index contributed by atoms with van der Waals surface area (Å²) in [6.45, 7) is 9.82. The van der Waals surface area contributed by atoms with Crippen LogP contribution in [-0.4, -0.2) is 58.6 Å². The molecular weight excluding hydrogens is 514 g/mol. The minimum Gasteiger partial charge on any atom is -0.443 e. The van der Waals surface area contributed by atoms with Crippen LogP contribution in [0, 0.1) is 0 Å². The van der Waals surface area contributed by atoms with Crippen molar-refractivity contribution >= 4 is 50.1 Å². The number of nitrogens with zero attached hydrogens (tertiary/aromatic N) is 5. The highest BCUT2D eigenvalue weighted by molar-refractivity contribution is 7.22. The third-order valence-corrected chi connectivity index (χ3v) is 7.20. The predicted molar refractivity (Wildman–Crippen MR) is 153 cm³/mol. The second-order valence-corrected chi connectivity index (χ2v) is 11.2. The Morgan fingerprint density at radius 1 is 0.949 bits per heavy atom. The molecule has 2 aromatic carbocycles. The van der Waals surface area contributed by atoms with Crippen molar-refractivity contribution in [3.8, 4) is 11.6 Å². The van der Waals surface area contributed by atoms with Crippen LogP contribution in [0.15, 0.2) is 66.9 Å². The van der Waals surface area contributed by atoms with E-state index in [9.17, 15) is 9.59 Å². The van der Waals surface area contributed by atoms with E-state index in [0.29, 0.717) is 48.6 Å². The Labute approximate surface area is 231 Å². The number of ether oxygens (including phenoxy) is 2. The molecule has 1 fully saturated rings. The lowest BCUT2D eigenvalue weighted by Gasteiger charge is -2.35. The first kappa shape index (κ1) is 26.4. The highest BCUT2D eigenvalue weighted by atomic mass is 32.1. The second kappa shape index (κ2) is 10.9. The Balaban J connectivity index is 1.39. The molecule has 0 N–H and O–H groups in total. The average molecular weight is 546 g/mol. The van der Waals surface area contributed by atoms with Crippen molar-refractivity contribution in [3.05, 3.63) is 66.9 Å². The van der Waals surface area contributed by atoms with E-state index in [1.165, 1.54) is 16.2 Å². The Hall–Kier alpha value is -4.18. The number of hydrogen-bond donors (Lipinski definition) is 0. The quantitative estimate of drug-likeness (QED) is 0.294. The smallest absolute Gasteiger partial charge is 0.421 e. The molecule has 9 nitrogen and oxygen atoms in total. The van der Waals surface area contributed by atoms with E-state index >= 15 is 0 Å². The van der Waals surface area contributed by atoms with Gasteiger partial charge in [-0.2, -0.15) is 0 Å². The summed E-state index contributed by atoms with van der Waals surface area (Å²) in [5, 5.41) is 0.524. The average Bonchev–Trinajstić information content (AvgIpc) is 3.33. The lowest BCUT2D eigenvalue weighted by Crippen LogP contribution is -2.48. The van der Waals surface area contributed by atoms with E-state index in [4.69, 9.17) is 9.47 Å². The number of carbonyl (C=O) groups excluding carboxylic acids is 2. The first-order valence-electron chi connectivity index (χ1n) is 12.8. The fourth-order valence-electron chi connectivity index (χ4n) is 4.30. The molecule has 0 bridgehead atoms. The monoisotopic (exact) mass is 545 g/mol. The van der Waals surface area contributed by atoms with Gasteiger partial charge in [0.15, 0.2) is 0 Å². The Morgan fingerprint density at radius 2 is 1.67 bits per heavy atom. The van der Waals surface area contributed by atoms with Gasteiger partial charge in [0.25, 0.3) is 0 Å². The SMILES string of the molecule is CC(=O)N1CCN(c2cccnc2Oc2ccc(N(C(=O)OC(C)(C)C)c3nc4ccccc4s3)cc2)CC1. The van der Waals surface area contributed by atoms with Gasteiger partial charge in [0.2, 0.25) is 16.9 Å². The van der Waals surface area contributed by atoms with Gasteiger partial charge in [0.05, 0.1) is 15.9 Å². The molecule has 2 amide bonds. The molecule has 0 radical (unpaired) electrons. The second-order valence-electron chi connectivity index (χ2n) is 10.2. The van der Waals surface area contributed by atoms with Crippen LogP contribution in [0.4, 0.5) is 21.3 Å². The zero-order valence-corrected chi connectivity index (χ0v) is 23.3. The van der Waals surface area contributed by atoms with Gasteiger partial charge in [-0.15, -0.1) is 0 Å². The van der Waals surface area contributed by atoms with E-state index in [2.05, 4.69) is 14.9 Å². The van der Waals surface area contributed by atoms with E-state index in [-0.39, 0.29) is 5.91 Å². The maximum absolute atomic E-state index is 13.3. The van der Waals surface area contributed by atoms with Crippen molar-refractivity contribution in [1.82, 2.24) is 14.9 Å². The van der Waals surface area contributed by atoms with Gasteiger partial charge in [-0.3, -0.25) is 4.79 Å². The summed E-state index contributed by atoms with van der Waals surface area (Å²) in [5.41, 5.74) is 1.63. The molecule has 202 valence electrons. The summed E-state index contributed by atoms with van der Waals surface area (Å²) in [7, 11) is 0. The first-order chi connectivity index (χ1) is 18.7. The summed E-state index contributed by atoms with van der Waals surface area (Å²) in [6.07, 6.45) is 1.18. The van der Waals surface area contributed by atoms with Crippen LogP contribution in [0.5, 0.6) is 11.6 Å². The fraction of sp³-hybridized carbons (Fsp3) is 0.310. The van der Waals surface area contributed by atoms with Crippen LogP contribution in [0.3, 0.4) is 0 Å². The summed E-state index contributed by atoms with van der Waals surface area (Å²) in [6, 6.07) is 18.8. The van der Waals surface area contributed by atoms with E-state index in [1.807, 2.05) is 62.1 Å². The third kappa shape index (κ3) is 6.12. The van der Waals surface area contributed by atoms with Gasteiger partial charge in [-0.25, -0.2) is 19.7 Å². The molecule has 1 aliphatic rings. The summed E-state index contributed by atoms with van der Waals surface area (Å²) >= 11 is 1.42. The number of para-hydroxylation sites is 1. The first-order valence-corrected chi connectivity index (χ1v) is 13.6. The van der Waals surface area contributed by atoms with Crippen molar-refractivity contribution in [2.24, 2.45) is 0 Å². The van der Waals surface area contributed by atoms with Crippen molar-refractivity contribution < 1.29 is 19.1 Å². The molecule has 10 heteroatoms. The molecule has 0 atom stereocenters. The van der Waals surface area contributed by atoms with Crippen LogP contribution in [0.25, 0.3) is 10.2 Å². The Bertz CT molecular complexity index is 1440. The third-order valence-electron chi connectivity index (χ3n) is 6.18. The molecule has 1 saturated heterocycles. The van der Waals surface area contributed by atoms with E-state index in [0.717, 1.165) is 15.9 Å². The molecule has 3 heterocycles. The standard InChI is InChI=1S/C29H31N5O4S/c1-20(35)32-16-18-33(19-17-32)24-9-7-15-30-26(24)37-22-13-11-21(12-14-22)34(28(36)38-29(2,3)4)27-31-23-8-5-6-10-25(23)39-27/h5-15H,16-19H2,1-4H3. The summed E-state index contributed by atoms with van der Waals surface area (Å²) in [5.74, 6) is 1.15. The number of carbonyl (C=O) groups is 2. The summed E-state index contributed by atoms with van der Waals surface area (Å²) in [4.78, 5) is 39.7. The highest BCUT2D eigenvalue weighted by Gasteiger charge is 2.28. The molecular formula is C29H31N5O4S. The predicted octanol–water partition coefficient (Wildman–Crippen LogP) is 6.23. The highest BCUT2D eigenvalue weighted by Crippen LogP contribution is 2.36. The van der Waals surface area contributed by atoms with Gasteiger partial charge >= 0.3 is 6.09 Å². The Morgan fingerprint density at radius 3 is 2.33 bits per heavy atom. The van der Waals surface area contributed by atoms with Crippen molar-refractivity contribution in [2.45, 2.75) is 33.3 Å². The minimum absolute atomic E-state index is 0.0867. The number of fused-ring (bicyclic) bond motifs is 1. The van der Waals surface area contributed by atoms with Crippen LogP contribution in [0.2, 0.25) is 0 Å². The van der Waals surface area contributed by atoms with Gasteiger partial charge in [0, 0.05) is 39.3 Å². The van der Waals surface area contributed by atoms with Crippen LogP contribution in [-0.2, 0) is 9.53 Å². The maximum Gasteiger partial charge on any atom is 0.421 e. The lowest BCUT2D eigenvalue weighted by molar-refractivity contribution is -0.129. The van der Waals surface area contributed by atoms with Gasteiger partial charge < -0.3 is 19.3 Å². The van der Waals surface area contributed by atoms with Gasteiger partial charge in [-0.1, -0.05) is 23.5 Å². The molecule has 5 rings (SSSR count). The molecule has 2 aromatic heterocycles. The fourth-order valence-corrected chi connectivity index (χ4v) is 5.27. The molecule has 0 spiro atoms. The number of hydrogen-bond acceptors (Lipinski definition) is 8. The van der Waals surface area contributed by atoms with Gasteiger partial charge in [-0.05, 0) is 69.3 Å². The minimum atomic E-state index is -0.666. The number of aromatic nitrogens is 2. The van der Waals surface area contributed by atoms with Crippen molar-refractivity contribution in [2.75, 3.05) is 36.0 Å². The topological polar surface area (TPSA) is 88.1 Å². The number of amides is 2. The largest absolute Gasteiger partial charge is 0.443 e. The summed E-state index contributed by atoms with van der Waals surface area (Å²) < 4.78 is 12.9. The van der Waals surface area contributed by atoms with Gasteiger partial charge in [0.1, 0.15) is 17.0 Å². The molecule has 4 aromatic rings. The van der Waals surface area contributed by atoms with E-state index in [1.54, 1.807) is 37.4 Å². The zero-order chi connectivity index (χ0) is 27.6. The molecule has 0 unspecified atom stereocenters. The normalized spacial score (nSPS) is 13.8. The number of benzene rings is 2. The number of thiazole rings is 1. The zero-order valence-electron chi connectivity index (χ0n) is 22.5.